The lowest BCUT2D eigenvalue weighted by Crippen LogP contribution is -2.11. The molecule has 0 unspecified atom stereocenters. The zero-order valence-electron chi connectivity index (χ0n) is 14.8. The lowest BCUT2D eigenvalue weighted by Gasteiger charge is -2.06. The first-order valence-corrected chi connectivity index (χ1v) is 10.1. The van der Waals surface area contributed by atoms with Crippen LogP contribution in [0.15, 0.2) is 54.3 Å². The number of aromatic nitrogens is 4. The molecule has 6 nitrogen and oxygen atoms in total. The number of nitrogens with zero attached hydrogens (tertiary/aromatic N) is 4. The van der Waals surface area contributed by atoms with Gasteiger partial charge in [-0.05, 0) is 29.1 Å². The van der Waals surface area contributed by atoms with E-state index >= 15 is 0 Å². The van der Waals surface area contributed by atoms with Gasteiger partial charge in [-0.25, -0.2) is 4.39 Å². The zero-order valence-corrected chi connectivity index (χ0v) is 17.2. The first-order valence-electron chi connectivity index (χ1n) is 8.51. The van der Waals surface area contributed by atoms with Gasteiger partial charge >= 0.3 is 0 Å². The maximum absolute atomic E-state index is 13.9. The molecule has 0 radical (unpaired) electrons. The number of hydrogen-bond donors (Lipinski definition) is 1. The average Bonchev–Trinajstić information content (AvgIpc) is 3.41. The van der Waals surface area contributed by atoms with Crippen LogP contribution in [0.5, 0.6) is 0 Å². The Morgan fingerprint density at radius 3 is 2.83 bits per heavy atom. The normalized spacial score (nSPS) is 11.0. The predicted molar refractivity (Wildman–Crippen MR) is 111 cm³/mol. The molecule has 0 bridgehead atoms. The fourth-order valence-electron chi connectivity index (χ4n) is 2.73. The summed E-state index contributed by atoms with van der Waals surface area (Å²) in [5.41, 5.74) is 1.29. The van der Waals surface area contributed by atoms with E-state index in [0.717, 1.165) is 5.56 Å². The van der Waals surface area contributed by atoms with Gasteiger partial charge in [0.25, 0.3) is 5.91 Å². The lowest BCUT2D eigenvalue weighted by atomic mass is 10.2. The van der Waals surface area contributed by atoms with Crippen molar-refractivity contribution in [2.75, 3.05) is 5.32 Å². The van der Waals surface area contributed by atoms with Gasteiger partial charge in [-0.2, -0.15) is 10.2 Å². The summed E-state index contributed by atoms with van der Waals surface area (Å²) < 4.78 is 17.1. The molecular weight excluding hydrogens is 436 g/mol. The van der Waals surface area contributed by atoms with Crippen LogP contribution in [0.25, 0.3) is 0 Å². The number of anilines is 1. The van der Waals surface area contributed by atoms with Crippen LogP contribution in [0.3, 0.4) is 0 Å². The Labute approximate surface area is 179 Å². The van der Waals surface area contributed by atoms with Crippen LogP contribution in [0.1, 0.15) is 20.8 Å². The molecule has 1 N–H and O–H groups in total. The number of nitrogens with one attached hydrogen (secondary N) is 1. The molecule has 0 aliphatic heterocycles. The molecule has 3 heterocycles. The Morgan fingerprint density at radius 2 is 2.07 bits per heavy atom. The molecule has 0 aliphatic rings. The summed E-state index contributed by atoms with van der Waals surface area (Å²) in [7, 11) is 0. The van der Waals surface area contributed by atoms with Crippen molar-refractivity contribution in [1.29, 1.82) is 0 Å². The highest BCUT2D eigenvalue weighted by molar-refractivity contribution is 7.12. The van der Waals surface area contributed by atoms with Crippen molar-refractivity contribution in [1.82, 2.24) is 19.6 Å². The van der Waals surface area contributed by atoms with Crippen LogP contribution in [-0.2, 0) is 13.1 Å². The molecule has 4 rings (SSSR count). The molecule has 148 valence electrons. The SMILES string of the molecule is O=C(Nc1ccn(Cc2c(F)cccc2Cl)n1)c1cc(Cn2cc(Cl)cn2)cs1. The molecule has 10 heteroatoms. The Bertz CT molecular complexity index is 1150. The number of benzene rings is 1. The van der Waals surface area contributed by atoms with Gasteiger partial charge in [-0.15, -0.1) is 11.3 Å². The molecule has 0 spiro atoms. The fourth-order valence-corrected chi connectivity index (χ4v) is 3.91. The smallest absolute Gasteiger partial charge is 0.266 e. The highest BCUT2D eigenvalue weighted by Crippen LogP contribution is 2.21. The largest absolute Gasteiger partial charge is 0.304 e. The lowest BCUT2D eigenvalue weighted by molar-refractivity contribution is 0.103. The molecule has 0 saturated carbocycles. The van der Waals surface area contributed by atoms with Crippen molar-refractivity contribution < 1.29 is 9.18 Å². The Hall–Kier alpha value is -2.68. The highest BCUT2D eigenvalue weighted by Gasteiger charge is 2.13. The summed E-state index contributed by atoms with van der Waals surface area (Å²) in [6.07, 6.45) is 4.93. The van der Waals surface area contributed by atoms with Gasteiger partial charge in [-0.3, -0.25) is 14.2 Å². The third-order valence-corrected chi connectivity index (χ3v) is 5.61. The molecule has 4 aromatic rings. The van der Waals surface area contributed by atoms with Crippen LogP contribution >= 0.6 is 34.5 Å². The number of carbonyl (C=O) groups excluding carboxylic acids is 1. The van der Waals surface area contributed by atoms with Crippen LogP contribution in [0.2, 0.25) is 10.0 Å². The summed E-state index contributed by atoms with van der Waals surface area (Å²) >= 11 is 13.2. The number of halogens is 3. The molecular formula is C19H14Cl2FN5OS. The predicted octanol–water partition coefficient (Wildman–Crippen LogP) is 4.94. The van der Waals surface area contributed by atoms with Crippen molar-refractivity contribution in [3.8, 4) is 0 Å². The molecule has 0 fully saturated rings. The van der Waals surface area contributed by atoms with Crippen molar-refractivity contribution in [2.24, 2.45) is 0 Å². The van der Waals surface area contributed by atoms with E-state index in [0.29, 0.717) is 32.8 Å². The average molecular weight is 450 g/mol. The Morgan fingerprint density at radius 1 is 1.21 bits per heavy atom. The van der Waals surface area contributed by atoms with Crippen LogP contribution in [-0.4, -0.2) is 25.5 Å². The molecule has 0 saturated heterocycles. The molecule has 29 heavy (non-hydrogen) atoms. The van der Waals surface area contributed by atoms with Crippen molar-refractivity contribution in [2.45, 2.75) is 13.1 Å². The van der Waals surface area contributed by atoms with Crippen LogP contribution in [0.4, 0.5) is 10.2 Å². The van der Waals surface area contributed by atoms with Gasteiger partial charge < -0.3 is 5.32 Å². The molecule has 3 aromatic heterocycles. The number of rotatable bonds is 6. The molecule has 1 amide bonds. The molecule has 0 atom stereocenters. The van der Waals surface area contributed by atoms with E-state index in [1.165, 1.54) is 22.1 Å². The molecule has 1 aromatic carbocycles. The Balaban J connectivity index is 1.40. The quantitative estimate of drug-likeness (QED) is 0.453. The van der Waals surface area contributed by atoms with Crippen molar-refractivity contribution in [3.63, 3.8) is 0 Å². The topological polar surface area (TPSA) is 64.7 Å². The second-order valence-electron chi connectivity index (χ2n) is 6.23. The maximum Gasteiger partial charge on any atom is 0.266 e. The monoisotopic (exact) mass is 449 g/mol. The van der Waals surface area contributed by atoms with E-state index in [9.17, 15) is 9.18 Å². The summed E-state index contributed by atoms with van der Waals surface area (Å²) in [4.78, 5) is 13.0. The van der Waals surface area contributed by atoms with E-state index in [1.54, 1.807) is 47.5 Å². The van der Waals surface area contributed by atoms with Gasteiger partial charge in [0.2, 0.25) is 0 Å². The van der Waals surface area contributed by atoms with Gasteiger partial charge in [-0.1, -0.05) is 29.3 Å². The van der Waals surface area contributed by atoms with Crippen LogP contribution in [0, 0.1) is 5.82 Å². The van der Waals surface area contributed by atoms with E-state index in [1.807, 2.05) is 5.38 Å². The second-order valence-corrected chi connectivity index (χ2v) is 7.98. The van der Waals surface area contributed by atoms with Crippen molar-refractivity contribution >= 4 is 46.3 Å². The van der Waals surface area contributed by atoms with Gasteiger partial charge in [0, 0.05) is 29.0 Å². The summed E-state index contributed by atoms with van der Waals surface area (Å²) in [5, 5.41) is 13.9. The number of carbonyl (C=O) groups is 1. The molecule has 0 aliphatic carbocycles. The van der Waals surface area contributed by atoms with E-state index in [-0.39, 0.29) is 12.5 Å². The van der Waals surface area contributed by atoms with E-state index in [4.69, 9.17) is 23.2 Å². The minimum Gasteiger partial charge on any atom is -0.304 e. The van der Waals surface area contributed by atoms with Gasteiger partial charge in [0.15, 0.2) is 5.82 Å². The van der Waals surface area contributed by atoms with Crippen molar-refractivity contribution in [3.05, 3.63) is 86.2 Å². The maximum atomic E-state index is 13.9. The summed E-state index contributed by atoms with van der Waals surface area (Å²) in [6.45, 7) is 0.686. The minimum absolute atomic E-state index is 0.164. The van der Waals surface area contributed by atoms with E-state index in [2.05, 4.69) is 15.5 Å². The Kier molecular flexibility index (Phi) is 5.66. The van der Waals surface area contributed by atoms with Crippen LogP contribution < -0.4 is 5.32 Å². The standard InChI is InChI=1S/C19H14Cl2FN5OS/c20-13-7-23-27(9-13)8-12-6-17(29-11-12)19(28)24-18-4-5-26(25-18)10-14-15(21)2-1-3-16(14)22/h1-7,9,11H,8,10H2,(H,24,25,28). The first-order chi connectivity index (χ1) is 14.0. The van der Waals surface area contributed by atoms with Gasteiger partial charge in [0.05, 0.1) is 29.2 Å². The summed E-state index contributed by atoms with van der Waals surface area (Å²) in [5.74, 6) is -0.298. The van der Waals surface area contributed by atoms with Gasteiger partial charge in [0.1, 0.15) is 5.82 Å². The third-order valence-electron chi connectivity index (χ3n) is 4.09. The fraction of sp³-hybridized carbons (Fsp3) is 0.105. The highest BCUT2D eigenvalue weighted by atomic mass is 35.5. The minimum atomic E-state index is -0.400. The first kappa shape index (κ1) is 19.6. The van der Waals surface area contributed by atoms with E-state index < -0.39 is 5.82 Å². The third kappa shape index (κ3) is 4.67. The summed E-state index contributed by atoms with van der Waals surface area (Å²) in [6, 6.07) is 7.96. The number of thiophene rings is 1. The number of hydrogen-bond acceptors (Lipinski definition) is 4. The second kappa shape index (κ2) is 8.36. The zero-order chi connectivity index (χ0) is 20.4. The number of amides is 1.